The van der Waals surface area contributed by atoms with Gasteiger partial charge in [-0.15, -0.1) is 0 Å². The van der Waals surface area contributed by atoms with Crippen molar-refractivity contribution < 1.29 is 19.7 Å². The Morgan fingerprint density at radius 3 is 2.73 bits per heavy atom. The molecule has 0 bridgehead atoms. The normalized spacial score (nSPS) is 16.9. The van der Waals surface area contributed by atoms with E-state index in [1.54, 1.807) is 24.3 Å². The lowest BCUT2D eigenvalue weighted by atomic mass is 10.0. The van der Waals surface area contributed by atoms with E-state index in [1.165, 1.54) is 0 Å². The van der Waals surface area contributed by atoms with E-state index in [2.05, 4.69) is 0 Å². The molecule has 0 radical (unpaired) electrons. The number of ether oxygens (including phenoxy) is 2. The Balaban J connectivity index is 2.27. The van der Waals surface area contributed by atoms with E-state index in [0.717, 1.165) is 0 Å². The Labute approximate surface area is 86.1 Å². The number of fused-ring (bicyclic) bond motifs is 1. The van der Waals surface area contributed by atoms with Gasteiger partial charge in [0.1, 0.15) is 6.10 Å². The zero-order chi connectivity index (χ0) is 10.8. The number of nitriles is 1. The Morgan fingerprint density at radius 2 is 2.00 bits per heavy atom. The van der Waals surface area contributed by atoms with Crippen LogP contribution in [0.15, 0.2) is 18.2 Å². The van der Waals surface area contributed by atoms with Crippen LogP contribution in [0.4, 0.5) is 0 Å². The highest BCUT2D eigenvalue weighted by Gasteiger charge is 2.21. The first-order chi connectivity index (χ1) is 7.22. The quantitative estimate of drug-likeness (QED) is 0.683. The van der Waals surface area contributed by atoms with Crippen molar-refractivity contribution in [2.45, 2.75) is 12.2 Å². The Kier molecular flexibility index (Phi) is 2.46. The molecule has 2 atom stereocenters. The number of aliphatic hydroxyl groups excluding tert-OH is 2. The number of rotatable bonds is 2. The molecule has 0 aromatic heterocycles. The van der Waals surface area contributed by atoms with Crippen LogP contribution in [0, 0.1) is 11.3 Å². The van der Waals surface area contributed by atoms with Gasteiger partial charge in [-0.1, -0.05) is 6.07 Å². The molecule has 78 valence electrons. The molecule has 2 N–H and O–H groups in total. The molecule has 1 aliphatic heterocycles. The first-order valence-corrected chi connectivity index (χ1v) is 4.37. The van der Waals surface area contributed by atoms with Crippen LogP contribution >= 0.6 is 0 Å². The third-order valence-corrected chi connectivity index (χ3v) is 2.17. The molecule has 5 nitrogen and oxygen atoms in total. The lowest BCUT2D eigenvalue weighted by Gasteiger charge is -2.12. The van der Waals surface area contributed by atoms with Crippen LogP contribution in [0.5, 0.6) is 11.5 Å². The highest BCUT2D eigenvalue weighted by Crippen LogP contribution is 2.34. The minimum absolute atomic E-state index is 0.148. The van der Waals surface area contributed by atoms with Gasteiger partial charge in [0.2, 0.25) is 6.79 Å². The second kappa shape index (κ2) is 3.77. The maximum absolute atomic E-state index is 9.55. The van der Waals surface area contributed by atoms with Crippen LogP contribution in [0.25, 0.3) is 0 Å². The van der Waals surface area contributed by atoms with Gasteiger partial charge in [0, 0.05) is 0 Å². The molecule has 1 aromatic carbocycles. The molecule has 0 amide bonds. The van der Waals surface area contributed by atoms with Crippen molar-refractivity contribution in [1.82, 2.24) is 0 Å². The van der Waals surface area contributed by atoms with Gasteiger partial charge < -0.3 is 19.7 Å². The molecule has 1 aliphatic rings. The number of hydrogen-bond donors (Lipinski definition) is 2. The van der Waals surface area contributed by atoms with Gasteiger partial charge in [-0.3, -0.25) is 0 Å². The van der Waals surface area contributed by atoms with Crippen LogP contribution in [0.3, 0.4) is 0 Å². The molecule has 0 saturated carbocycles. The minimum atomic E-state index is -1.44. The van der Waals surface area contributed by atoms with Crippen molar-refractivity contribution in [3.05, 3.63) is 23.8 Å². The van der Waals surface area contributed by atoms with E-state index in [9.17, 15) is 5.11 Å². The first kappa shape index (κ1) is 9.77. The highest BCUT2D eigenvalue weighted by atomic mass is 16.7. The maximum atomic E-state index is 9.55. The molecule has 5 heteroatoms. The van der Waals surface area contributed by atoms with Gasteiger partial charge in [0.25, 0.3) is 0 Å². The number of nitrogens with zero attached hydrogens (tertiary/aromatic N) is 1. The summed E-state index contributed by atoms with van der Waals surface area (Å²) in [4.78, 5) is 0. The molecular formula is C10H9NO4. The topological polar surface area (TPSA) is 82.7 Å². The SMILES string of the molecule is N#CC(O)C(O)c1ccc2c(c1)OCO2. The van der Waals surface area contributed by atoms with Crippen molar-refractivity contribution in [2.24, 2.45) is 0 Å². The predicted molar refractivity (Wildman–Crippen MR) is 49.1 cm³/mol. The molecule has 2 unspecified atom stereocenters. The van der Waals surface area contributed by atoms with Crippen molar-refractivity contribution in [2.75, 3.05) is 6.79 Å². The maximum Gasteiger partial charge on any atom is 0.231 e. The van der Waals surface area contributed by atoms with E-state index in [0.29, 0.717) is 17.1 Å². The van der Waals surface area contributed by atoms with E-state index < -0.39 is 12.2 Å². The fourth-order valence-corrected chi connectivity index (χ4v) is 1.35. The van der Waals surface area contributed by atoms with Gasteiger partial charge in [-0.05, 0) is 17.7 Å². The Hall–Kier alpha value is -1.77. The van der Waals surface area contributed by atoms with Crippen molar-refractivity contribution in [1.29, 1.82) is 5.26 Å². The Bertz CT molecular complexity index is 412. The van der Waals surface area contributed by atoms with Crippen LogP contribution < -0.4 is 9.47 Å². The minimum Gasteiger partial charge on any atom is -0.454 e. The third-order valence-electron chi connectivity index (χ3n) is 2.17. The zero-order valence-electron chi connectivity index (χ0n) is 7.75. The molecule has 0 aliphatic carbocycles. The van der Waals surface area contributed by atoms with Gasteiger partial charge >= 0.3 is 0 Å². The van der Waals surface area contributed by atoms with Crippen LogP contribution in [-0.2, 0) is 0 Å². The van der Waals surface area contributed by atoms with Crippen molar-refractivity contribution >= 4 is 0 Å². The second-order valence-electron chi connectivity index (χ2n) is 3.13. The summed E-state index contributed by atoms with van der Waals surface area (Å²) < 4.78 is 10.2. The van der Waals surface area contributed by atoms with Crippen LogP contribution in [0.1, 0.15) is 11.7 Å². The van der Waals surface area contributed by atoms with Crippen molar-refractivity contribution in [3.8, 4) is 17.6 Å². The fourth-order valence-electron chi connectivity index (χ4n) is 1.35. The molecular weight excluding hydrogens is 198 g/mol. The summed E-state index contributed by atoms with van der Waals surface area (Å²) in [5.74, 6) is 1.11. The fraction of sp³-hybridized carbons (Fsp3) is 0.300. The average Bonchev–Trinajstić information content (AvgIpc) is 2.73. The van der Waals surface area contributed by atoms with Crippen molar-refractivity contribution in [3.63, 3.8) is 0 Å². The molecule has 2 rings (SSSR count). The van der Waals surface area contributed by atoms with E-state index in [1.807, 2.05) is 0 Å². The number of hydrogen-bond acceptors (Lipinski definition) is 5. The van der Waals surface area contributed by atoms with Crippen LogP contribution in [-0.4, -0.2) is 23.1 Å². The highest BCUT2D eigenvalue weighted by molar-refractivity contribution is 5.45. The number of aliphatic hydroxyl groups is 2. The van der Waals surface area contributed by atoms with E-state index in [-0.39, 0.29) is 6.79 Å². The number of benzene rings is 1. The Morgan fingerprint density at radius 1 is 1.27 bits per heavy atom. The summed E-state index contributed by atoms with van der Waals surface area (Å²) in [6, 6.07) is 6.33. The summed E-state index contributed by atoms with van der Waals surface area (Å²) >= 11 is 0. The first-order valence-electron chi connectivity index (χ1n) is 4.37. The van der Waals surface area contributed by atoms with Gasteiger partial charge in [0.15, 0.2) is 17.6 Å². The van der Waals surface area contributed by atoms with Gasteiger partial charge in [0.05, 0.1) is 6.07 Å². The summed E-state index contributed by atoms with van der Waals surface area (Å²) in [6.07, 6.45) is -2.67. The second-order valence-corrected chi connectivity index (χ2v) is 3.13. The smallest absolute Gasteiger partial charge is 0.231 e. The summed E-state index contributed by atoms with van der Waals surface area (Å²) in [7, 11) is 0. The summed E-state index contributed by atoms with van der Waals surface area (Å²) in [5, 5.41) is 27.1. The molecule has 15 heavy (non-hydrogen) atoms. The molecule has 1 heterocycles. The van der Waals surface area contributed by atoms with Crippen LogP contribution in [0.2, 0.25) is 0 Å². The standard InChI is InChI=1S/C10H9NO4/c11-4-7(12)10(13)6-1-2-8-9(3-6)15-5-14-8/h1-3,7,10,12-13H,5H2. The lowest BCUT2D eigenvalue weighted by molar-refractivity contribution is 0.0527. The summed E-state index contributed by atoms with van der Waals surface area (Å²) in [5.41, 5.74) is 0.424. The summed E-state index contributed by atoms with van der Waals surface area (Å²) in [6.45, 7) is 0.148. The van der Waals surface area contributed by atoms with E-state index >= 15 is 0 Å². The predicted octanol–water partition coefficient (Wildman–Crippen LogP) is 0.333. The van der Waals surface area contributed by atoms with Gasteiger partial charge in [-0.25, -0.2) is 0 Å². The molecule has 0 saturated heterocycles. The molecule has 0 fully saturated rings. The monoisotopic (exact) mass is 207 g/mol. The lowest BCUT2D eigenvalue weighted by Crippen LogP contribution is -2.15. The van der Waals surface area contributed by atoms with Gasteiger partial charge in [-0.2, -0.15) is 5.26 Å². The average molecular weight is 207 g/mol. The largest absolute Gasteiger partial charge is 0.454 e. The molecule has 1 aromatic rings. The van der Waals surface area contributed by atoms with E-state index in [4.69, 9.17) is 19.8 Å². The molecule has 0 spiro atoms. The third kappa shape index (κ3) is 1.73. The zero-order valence-corrected chi connectivity index (χ0v) is 7.75.